The van der Waals surface area contributed by atoms with E-state index in [0.29, 0.717) is 30.9 Å². The first-order valence-electron chi connectivity index (χ1n) is 8.55. The molecule has 0 radical (unpaired) electrons. The molecular weight excluding hydrogens is 332 g/mol. The molecule has 2 amide bonds. The molecule has 2 aromatic rings. The molecule has 0 aliphatic heterocycles. The van der Waals surface area contributed by atoms with Gasteiger partial charge in [0.05, 0.1) is 19.8 Å². The standard InChI is InChI=1S/C20H24N2O4/c1-25-17-8-7-14(9-18(17)26-2)12-21-19(23)22-13-20(24)10-15-5-3-4-6-16(15)11-20/h3-9,24H,10-13H2,1-2H3,(H2,21,22,23). The van der Waals surface area contributed by atoms with Crippen molar-refractivity contribution in [3.63, 3.8) is 0 Å². The number of fused-ring (bicyclic) bond motifs is 1. The van der Waals surface area contributed by atoms with Gasteiger partial charge in [-0.3, -0.25) is 0 Å². The number of carbonyl (C=O) groups is 1. The average Bonchev–Trinajstić information content (AvgIpc) is 3.01. The highest BCUT2D eigenvalue weighted by molar-refractivity contribution is 5.74. The number of urea groups is 1. The van der Waals surface area contributed by atoms with Crippen molar-refractivity contribution in [1.82, 2.24) is 10.6 Å². The van der Waals surface area contributed by atoms with E-state index >= 15 is 0 Å². The fourth-order valence-electron chi connectivity index (χ4n) is 3.28. The summed E-state index contributed by atoms with van der Waals surface area (Å²) in [6.07, 6.45) is 1.11. The molecule has 6 heteroatoms. The number of hydrogen-bond acceptors (Lipinski definition) is 4. The molecule has 0 spiro atoms. The van der Waals surface area contributed by atoms with Gasteiger partial charge in [-0.1, -0.05) is 30.3 Å². The lowest BCUT2D eigenvalue weighted by molar-refractivity contribution is 0.0536. The van der Waals surface area contributed by atoms with E-state index < -0.39 is 5.60 Å². The van der Waals surface area contributed by atoms with Gasteiger partial charge in [0.25, 0.3) is 0 Å². The summed E-state index contributed by atoms with van der Waals surface area (Å²) >= 11 is 0. The van der Waals surface area contributed by atoms with Crippen LogP contribution < -0.4 is 20.1 Å². The Labute approximate surface area is 153 Å². The highest BCUT2D eigenvalue weighted by Crippen LogP contribution is 2.29. The van der Waals surface area contributed by atoms with Crippen molar-refractivity contribution < 1.29 is 19.4 Å². The van der Waals surface area contributed by atoms with Gasteiger partial charge in [-0.15, -0.1) is 0 Å². The Morgan fingerprint density at radius 2 is 1.69 bits per heavy atom. The van der Waals surface area contributed by atoms with Gasteiger partial charge < -0.3 is 25.2 Å². The maximum Gasteiger partial charge on any atom is 0.315 e. The minimum atomic E-state index is -0.926. The van der Waals surface area contributed by atoms with E-state index in [-0.39, 0.29) is 12.6 Å². The second kappa shape index (κ2) is 7.66. The van der Waals surface area contributed by atoms with E-state index in [1.807, 2.05) is 36.4 Å². The predicted octanol–water partition coefficient (Wildman–Crippen LogP) is 2.03. The van der Waals surface area contributed by atoms with Crippen LogP contribution in [0.15, 0.2) is 42.5 Å². The molecule has 0 aromatic heterocycles. The Balaban J connectivity index is 1.49. The number of nitrogens with one attached hydrogen (secondary N) is 2. The third-order valence-corrected chi connectivity index (χ3v) is 4.64. The van der Waals surface area contributed by atoms with Crippen LogP contribution in [0.5, 0.6) is 11.5 Å². The lowest BCUT2D eigenvalue weighted by atomic mass is 10.0. The lowest BCUT2D eigenvalue weighted by Gasteiger charge is -2.22. The van der Waals surface area contributed by atoms with Gasteiger partial charge in [-0.25, -0.2) is 4.79 Å². The molecule has 0 saturated heterocycles. The molecule has 26 heavy (non-hydrogen) atoms. The van der Waals surface area contributed by atoms with E-state index in [1.54, 1.807) is 20.3 Å². The summed E-state index contributed by atoms with van der Waals surface area (Å²) in [5.41, 5.74) is 2.25. The Hall–Kier alpha value is -2.73. The molecule has 0 bridgehead atoms. The summed E-state index contributed by atoms with van der Waals surface area (Å²) in [6.45, 7) is 0.560. The quantitative estimate of drug-likeness (QED) is 0.740. The minimum absolute atomic E-state index is 0.208. The van der Waals surface area contributed by atoms with Gasteiger partial charge in [0.1, 0.15) is 0 Å². The van der Waals surface area contributed by atoms with Crippen LogP contribution in [-0.2, 0) is 19.4 Å². The van der Waals surface area contributed by atoms with Crippen molar-refractivity contribution >= 4 is 6.03 Å². The van der Waals surface area contributed by atoms with E-state index in [0.717, 1.165) is 16.7 Å². The minimum Gasteiger partial charge on any atom is -0.493 e. The highest BCUT2D eigenvalue weighted by atomic mass is 16.5. The molecule has 0 heterocycles. The predicted molar refractivity (Wildman–Crippen MR) is 98.6 cm³/mol. The number of rotatable bonds is 6. The molecule has 138 valence electrons. The smallest absolute Gasteiger partial charge is 0.315 e. The van der Waals surface area contributed by atoms with Gasteiger partial charge in [0, 0.05) is 25.9 Å². The topological polar surface area (TPSA) is 79.8 Å². The first-order valence-corrected chi connectivity index (χ1v) is 8.55. The van der Waals surface area contributed by atoms with Crippen molar-refractivity contribution in [2.24, 2.45) is 0 Å². The zero-order chi connectivity index (χ0) is 18.6. The number of methoxy groups -OCH3 is 2. The number of amides is 2. The number of benzene rings is 2. The Morgan fingerprint density at radius 3 is 2.31 bits per heavy atom. The van der Waals surface area contributed by atoms with Crippen LogP contribution in [0.1, 0.15) is 16.7 Å². The van der Waals surface area contributed by atoms with Crippen LogP contribution in [0.3, 0.4) is 0 Å². The largest absolute Gasteiger partial charge is 0.493 e. The monoisotopic (exact) mass is 356 g/mol. The van der Waals surface area contributed by atoms with Gasteiger partial charge in [-0.05, 0) is 28.8 Å². The summed E-state index contributed by atoms with van der Waals surface area (Å²) in [7, 11) is 3.15. The fraction of sp³-hybridized carbons (Fsp3) is 0.350. The first-order chi connectivity index (χ1) is 12.5. The summed E-state index contributed by atoms with van der Waals surface area (Å²) in [5.74, 6) is 1.26. The zero-order valence-corrected chi connectivity index (χ0v) is 15.0. The van der Waals surface area contributed by atoms with Crippen LogP contribution >= 0.6 is 0 Å². The number of carbonyl (C=O) groups excluding carboxylic acids is 1. The van der Waals surface area contributed by atoms with E-state index in [4.69, 9.17) is 9.47 Å². The molecule has 3 rings (SSSR count). The van der Waals surface area contributed by atoms with Gasteiger partial charge >= 0.3 is 6.03 Å². The van der Waals surface area contributed by atoms with Crippen molar-refractivity contribution in [1.29, 1.82) is 0 Å². The molecule has 0 fully saturated rings. The van der Waals surface area contributed by atoms with Gasteiger partial charge in [-0.2, -0.15) is 0 Å². The average molecular weight is 356 g/mol. The SMILES string of the molecule is COc1ccc(CNC(=O)NCC2(O)Cc3ccccc3C2)cc1OC. The Morgan fingerprint density at radius 1 is 1.04 bits per heavy atom. The molecular formula is C20H24N2O4. The molecule has 0 atom stereocenters. The van der Waals surface area contributed by atoms with Crippen molar-refractivity contribution in [2.75, 3.05) is 20.8 Å². The summed E-state index contributed by atoms with van der Waals surface area (Å²) in [4.78, 5) is 12.1. The van der Waals surface area contributed by atoms with Crippen molar-refractivity contribution in [3.05, 3.63) is 59.2 Å². The van der Waals surface area contributed by atoms with Crippen LogP contribution in [0, 0.1) is 0 Å². The van der Waals surface area contributed by atoms with E-state index in [1.165, 1.54) is 0 Å². The van der Waals surface area contributed by atoms with Gasteiger partial charge in [0.15, 0.2) is 11.5 Å². The second-order valence-electron chi connectivity index (χ2n) is 6.57. The number of hydrogen-bond donors (Lipinski definition) is 3. The molecule has 1 aliphatic carbocycles. The maximum atomic E-state index is 12.1. The molecule has 3 N–H and O–H groups in total. The third kappa shape index (κ3) is 4.08. The molecule has 1 aliphatic rings. The van der Waals surface area contributed by atoms with Gasteiger partial charge in [0.2, 0.25) is 0 Å². The lowest BCUT2D eigenvalue weighted by Crippen LogP contribution is -2.46. The second-order valence-corrected chi connectivity index (χ2v) is 6.57. The van der Waals surface area contributed by atoms with Crippen molar-refractivity contribution in [2.45, 2.75) is 25.0 Å². The summed E-state index contributed by atoms with van der Waals surface area (Å²) in [5, 5.41) is 16.3. The zero-order valence-electron chi connectivity index (χ0n) is 15.0. The highest BCUT2D eigenvalue weighted by Gasteiger charge is 2.35. The third-order valence-electron chi connectivity index (χ3n) is 4.64. The van der Waals surface area contributed by atoms with Crippen molar-refractivity contribution in [3.8, 4) is 11.5 Å². The Kier molecular flexibility index (Phi) is 5.32. The summed E-state index contributed by atoms with van der Waals surface area (Å²) < 4.78 is 10.5. The molecule has 6 nitrogen and oxygen atoms in total. The first kappa shape index (κ1) is 18.1. The molecule has 2 aromatic carbocycles. The van der Waals surface area contributed by atoms with E-state index in [2.05, 4.69) is 10.6 Å². The maximum absolute atomic E-state index is 12.1. The van der Waals surface area contributed by atoms with Crippen LogP contribution in [0.4, 0.5) is 4.79 Å². The molecule has 0 unspecified atom stereocenters. The number of ether oxygens (including phenoxy) is 2. The van der Waals surface area contributed by atoms with Crippen LogP contribution in [-0.4, -0.2) is 37.5 Å². The van der Waals surface area contributed by atoms with Crippen LogP contribution in [0.25, 0.3) is 0 Å². The Bertz CT molecular complexity index is 766. The van der Waals surface area contributed by atoms with E-state index in [9.17, 15) is 9.90 Å². The fourth-order valence-corrected chi connectivity index (χ4v) is 3.28. The number of aliphatic hydroxyl groups is 1. The summed E-state index contributed by atoms with van der Waals surface area (Å²) in [6, 6.07) is 13.1. The molecule has 0 saturated carbocycles. The van der Waals surface area contributed by atoms with Crippen LogP contribution in [0.2, 0.25) is 0 Å². The normalized spacial score (nSPS) is 14.4.